The standard InChI is InChI=1S/C11H17NO.ClH/c1-7-4-8(2)6-10(5-7)11(12)9(3)13;/h4-6,9,11,13H,12H2,1-3H3;1H/t9-,11-;/m0./s1. The van der Waals surface area contributed by atoms with Crippen LogP contribution in [0.2, 0.25) is 0 Å². The molecule has 1 rings (SSSR count). The summed E-state index contributed by atoms with van der Waals surface area (Å²) in [7, 11) is 0. The zero-order valence-electron chi connectivity index (χ0n) is 8.82. The van der Waals surface area contributed by atoms with Crippen molar-refractivity contribution in [3.63, 3.8) is 0 Å². The molecule has 2 atom stereocenters. The number of benzene rings is 1. The number of nitrogens with two attached hydrogens (primary N) is 1. The summed E-state index contributed by atoms with van der Waals surface area (Å²) in [5.41, 5.74) is 9.20. The predicted octanol–water partition coefficient (Wildman–Crippen LogP) is 2.11. The van der Waals surface area contributed by atoms with E-state index in [2.05, 4.69) is 6.07 Å². The molecule has 0 bridgehead atoms. The summed E-state index contributed by atoms with van der Waals surface area (Å²) in [6.45, 7) is 5.78. The molecule has 0 heterocycles. The van der Waals surface area contributed by atoms with Gasteiger partial charge in [-0.3, -0.25) is 0 Å². The highest BCUT2D eigenvalue weighted by atomic mass is 35.5. The van der Waals surface area contributed by atoms with Crippen molar-refractivity contribution in [2.24, 2.45) is 5.73 Å². The van der Waals surface area contributed by atoms with Crippen molar-refractivity contribution in [1.29, 1.82) is 0 Å². The van der Waals surface area contributed by atoms with E-state index in [1.54, 1.807) is 6.92 Å². The van der Waals surface area contributed by atoms with Crippen LogP contribution in [0.4, 0.5) is 0 Å². The lowest BCUT2D eigenvalue weighted by Gasteiger charge is -2.16. The number of aryl methyl sites for hydroxylation is 2. The SMILES string of the molecule is Cc1cc(C)cc([C@@H](N)[C@H](C)O)c1.Cl. The average Bonchev–Trinajstić information content (AvgIpc) is 2.01. The fourth-order valence-corrected chi connectivity index (χ4v) is 1.48. The maximum Gasteiger partial charge on any atom is 0.0704 e. The Hall–Kier alpha value is -0.570. The Morgan fingerprint density at radius 1 is 1.14 bits per heavy atom. The van der Waals surface area contributed by atoms with Gasteiger partial charge in [0.2, 0.25) is 0 Å². The summed E-state index contributed by atoms with van der Waals surface area (Å²) in [6, 6.07) is 5.85. The van der Waals surface area contributed by atoms with Gasteiger partial charge < -0.3 is 10.8 Å². The molecule has 0 aliphatic rings. The normalized spacial score (nSPS) is 14.4. The summed E-state index contributed by atoms with van der Waals surface area (Å²) in [5, 5.41) is 9.33. The Labute approximate surface area is 91.5 Å². The number of halogens is 1. The number of rotatable bonds is 2. The molecule has 14 heavy (non-hydrogen) atoms. The van der Waals surface area contributed by atoms with Crippen molar-refractivity contribution in [1.82, 2.24) is 0 Å². The van der Waals surface area contributed by atoms with Crippen LogP contribution in [0.1, 0.15) is 29.7 Å². The second-order valence-electron chi connectivity index (χ2n) is 3.69. The van der Waals surface area contributed by atoms with Crippen LogP contribution in [0, 0.1) is 13.8 Å². The minimum absolute atomic E-state index is 0. The molecule has 0 unspecified atom stereocenters. The van der Waals surface area contributed by atoms with Crippen LogP contribution in [0.3, 0.4) is 0 Å². The highest BCUT2D eigenvalue weighted by Gasteiger charge is 2.11. The monoisotopic (exact) mass is 215 g/mol. The Morgan fingerprint density at radius 2 is 1.57 bits per heavy atom. The van der Waals surface area contributed by atoms with Crippen LogP contribution in [0.25, 0.3) is 0 Å². The number of aliphatic hydroxyl groups excluding tert-OH is 1. The third-order valence-electron chi connectivity index (χ3n) is 2.15. The molecule has 1 aromatic carbocycles. The lowest BCUT2D eigenvalue weighted by molar-refractivity contribution is 0.164. The van der Waals surface area contributed by atoms with E-state index in [9.17, 15) is 5.11 Å². The molecule has 0 radical (unpaired) electrons. The zero-order chi connectivity index (χ0) is 10.0. The fraction of sp³-hybridized carbons (Fsp3) is 0.455. The summed E-state index contributed by atoms with van der Waals surface area (Å²) in [5.74, 6) is 0. The molecule has 0 aliphatic carbocycles. The average molecular weight is 216 g/mol. The maximum absolute atomic E-state index is 9.33. The van der Waals surface area contributed by atoms with Crippen LogP contribution in [0.5, 0.6) is 0 Å². The van der Waals surface area contributed by atoms with E-state index in [-0.39, 0.29) is 18.4 Å². The first-order valence-corrected chi connectivity index (χ1v) is 4.52. The quantitative estimate of drug-likeness (QED) is 0.794. The minimum Gasteiger partial charge on any atom is -0.391 e. The lowest BCUT2D eigenvalue weighted by atomic mass is 9.99. The molecule has 0 amide bonds. The molecule has 0 fully saturated rings. The molecule has 0 aromatic heterocycles. The first kappa shape index (κ1) is 13.4. The van der Waals surface area contributed by atoms with Gasteiger partial charge in [0.1, 0.15) is 0 Å². The van der Waals surface area contributed by atoms with Crippen LogP contribution in [-0.4, -0.2) is 11.2 Å². The van der Waals surface area contributed by atoms with Gasteiger partial charge >= 0.3 is 0 Å². The topological polar surface area (TPSA) is 46.2 Å². The third-order valence-corrected chi connectivity index (χ3v) is 2.15. The fourth-order valence-electron chi connectivity index (χ4n) is 1.48. The lowest BCUT2D eigenvalue weighted by Crippen LogP contribution is -2.23. The van der Waals surface area contributed by atoms with Gasteiger partial charge in [0, 0.05) is 0 Å². The molecule has 0 spiro atoms. The van der Waals surface area contributed by atoms with Crippen molar-refractivity contribution in [3.05, 3.63) is 34.9 Å². The molecule has 1 aromatic rings. The Morgan fingerprint density at radius 3 is 1.93 bits per heavy atom. The molecule has 2 nitrogen and oxygen atoms in total. The van der Waals surface area contributed by atoms with Crippen molar-refractivity contribution < 1.29 is 5.11 Å². The predicted molar refractivity (Wildman–Crippen MR) is 61.8 cm³/mol. The third kappa shape index (κ3) is 3.29. The number of hydrogen-bond acceptors (Lipinski definition) is 2. The molecule has 80 valence electrons. The van der Waals surface area contributed by atoms with Gasteiger partial charge in [-0.05, 0) is 26.3 Å². The van der Waals surface area contributed by atoms with E-state index in [0.29, 0.717) is 0 Å². The Bertz CT molecular complexity index is 279. The molecular weight excluding hydrogens is 198 g/mol. The van der Waals surface area contributed by atoms with Crippen LogP contribution in [0.15, 0.2) is 18.2 Å². The van der Waals surface area contributed by atoms with Gasteiger partial charge in [0.05, 0.1) is 12.1 Å². The van der Waals surface area contributed by atoms with Gasteiger partial charge in [-0.15, -0.1) is 12.4 Å². The van der Waals surface area contributed by atoms with E-state index >= 15 is 0 Å². The zero-order valence-corrected chi connectivity index (χ0v) is 9.64. The van der Waals surface area contributed by atoms with Crippen LogP contribution >= 0.6 is 12.4 Å². The van der Waals surface area contributed by atoms with Crippen molar-refractivity contribution in [3.8, 4) is 0 Å². The molecule has 0 saturated heterocycles. The van der Waals surface area contributed by atoms with Gasteiger partial charge in [0.15, 0.2) is 0 Å². The molecule has 0 saturated carbocycles. The second kappa shape index (κ2) is 5.35. The Kier molecular flexibility index (Phi) is 5.13. The molecular formula is C11H18ClNO. The molecule has 0 aliphatic heterocycles. The van der Waals surface area contributed by atoms with E-state index in [1.807, 2.05) is 26.0 Å². The van der Waals surface area contributed by atoms with Crippen molar-refractivity contribution >= 4 is 12.4 Å². The minimum atomic E-state index is -0.499. The number of aliphatic hydroxyl groups is 1. The molecule has 3 heteroatoms. The van der Waals surface area contributed by atoms with Crippen LogP contribution in [-0.2, 0) is 0 Å². The van der Waals surface area contributed by atoms with E-state index in [0.717, 1.165) is 5.56 Å². The largest absolute Gasteiger partial charge is 0.391 e. The van der Waals surface area contributed by atoms with E-state index < -0.39 is 6.10 Å². The first-order valence-electron chi connectivity index (χ1n) is 4.52. The maximum atomic E-state index is 9.33. The van der Waals surface area contributed by atoms with Crippen molar-refractivity contribution in [2.45, 2.75) is 32.9 Å². The van der Waals surface area contributed by atoms with Crippen LogP contribution < -0.4 is 5.73 Å². The number of hydrogen-bond donors (Lipinski definition) is 2. The highest BCUT2D eigenvalue weighted by Crippen LogP contribution is 2.17. The summed E-state index contributed by atoms with van der Waals surface area (Å²) in [6.07, 6.45) is -0.499. The summed E-state index contributed by atoms with van der Waals surface area (Å²) < 4.78 is 0. The second-order valence-corrected chi connectivity index (χ2v) is 3.69. The smallest absolute Gasteiger partial charge is 0.0704 e. The molecule has 3 N–H and O–H groups in total. The van der Waals surface area contributed by atoms with E-state index in [4.69, 9.17) is 5.73 Å². The van der Waals surface area contributed by atoms with Gasteiger partial charge in [-0.1, -0.05) is 29.3 Å². The van der Waals surface area contributed by atoms with Gasteiger partial charge in [0.25, 0.3) is 0 Å². The highest BCUT2D eigenvalue weighted by molar-refractivity contribution is 5.85. The van der Waals surface area contributed by atoms with Gasteiger partial charge in [-0.25, -0.2) is 0 Å². The van der Waals surface area contributed by atoms with Crippen molar-refractivity contribution in [2.75, 3.05) is 0 Å². The van der Waals surface area contributed by atoms with E-state index in [1.165, 1.54) is 11.1 Å². The summed E-state index contributed by atoms with van der Waals surface area (Å²) in [4.78, 5) is 0. The Balaban J connectivity index is 0.00000169. The van der Waals surface area contributed by atoms with Gasteiger partial charge in [-0.2, -0.15) is 0 Å². The summed E-state index contributed by atoms with van der Waals surface area (Å²) >= 11 is 0. The first-order chi connectivity index (χ1) is 6.00.